The molecule has 0 spiro atoms. The molecule has 2 N–H and O–H groups in total. The van der Waals surface area contributed by atoms with Crippen LogP contribution in [0.5, 0.6) is 0 Å². The standard InChI is InChI=1S/C24H32IN3O3/c1-24(2,25)14-26-19-6-4-3-5-16(19)11-15-7-8-18-17(12-15)13-28(23(18)31)20-9-10-21(29)27-22(20)30/h7-8,12,16,19-20,26H,3-6,9-11,13-14H2,1-2H3,(H,27,29,30)/t16-,19+,20?/m1/s1. The second-order valence-corrected chi connectivity index (χ2v) is 12.8. The largest absolute Gasteiger partial charge is 0.322 e. The summed E-state index contributed by atoms with van der Waals surface area (Å²) in [4.78, 5) is 38.2. The van der Waals surface area contributed by atoms with Crippen LogP contribution in [0, 0.1) is 5.92 Å². The van der Waals surface area contributed by atoms with Gasteiger partial charge in [-0.05, 0) is 62.6 Å². The fourth-order valence-electron chi connectivity index (χ4n) is 5.15. The average Bonchev–Trinajstić information content (AvgIpc) is 3.02. The van der Waals surface area contributed by atoms with Crippen molar-refractivity contribution < 1.29 is 14.4 Å². The maximum Gasteiger partial charge on any atom is 0.255 e. The van der Waals surface area contributed by atoms with Crippen molar-refractivity contribution in [2.24, 2.45) is 5.92 Å². The molecule has 1 saturated heterocycles. The van der Waals surface area contributed by atoms with E-state index >= 15 is 0 Å². The fourth-order valence-corrected chi connectivity index (χ4v) is 5.37. The first-order valence-corrected chi connectivity index (χ1v) is 12.5. The van der Waals surface area contributed by atoms with E-state index in [-0.39, 0.29) is 27.6 Å². The van der Waals surface area contributed by atoms with Crippen LogP contribution in [0.1, 0.15) is 73.9 Å². The van der Waals surface area contributed by atoms with Crippen LogP contribution >= 0.6 is 22.6 Å². The first-order chi connectivity index (χ1) is 14.7. The van der Waals surface area contributed by atoms with E-state index in [0.29, 0.717) is 30.5 Å². The van der Waals surface area contributed by atoms with E-state index in [9.17, 15) is 14.4 Å². The van der Waals surface area contributed by atoms with Crippen LogP contribution < -0.4 is 10.6 Å². The Labute approximate surface area is 198 Å². The highest BCUT2D eigenvalue weighted by Crippen LogP contribution is 2.32. The Morgan fingerprint density at radius 2 is 1.94 bits per heavy atom. The molecule has 6 nitrogen and oxygen atoms in total. The highest BCUT2D eigenvalue weighted by Gasteiger charge is 2.39. The summed E-state index contributed by atoms with van der Waals surface area (Å²) < 4.78 is 0.243. The molecule has 2 fully saturated rings. The molecular formula is C24H32IN3O3. The van der Waals surface area contributed by atoms with Gasteiger partial charge in [-0.1, -0.05) is 47.6 Å². The molecule has 31 heavy (non-hydrogen) atoms. The molecule has 0 aromatic heterocycles. The van der Waals surface area contributed by atoms with Crippen molar-refractivity contribution in [1.82, 2.24) is 15.5 Å². The van der Waals surface area contributed by atoms with Crippen LogP contribution in [0.3, 0.4) is 0 Å². The summed E-state index contributed by atoms with van der Waals surface area (Å²) in [5.74, 6) is -0.104. The van der Waals surface area contributed by atoms with E-state index in [1.54, 1.807) is 4.90 Å². The Hall–Kier alpha value is -1.48. The number of imide groups is 1. The molecule has 1 aliphatic carbocycles. The first kappa shape index (κ1) is 22.7. The number of rotatable bonds is 6. The number of carbonyl (C=O) groups excluding carboxylic acids is 3. The quantitative estimate of drug-likeness (QED) is 0.332. The highest BCUT2D eigenvalue weighted by atomic mass is 127. The van der Waals surface area contributed by atoms with Crippen molar-refractivity contribution in [3.8, 4) is 0 Å². The maximum atomic E-state index is 12.9. The predicted octanol–water partition coefficient (Wildman–Crippen LogP) is 3.35. The molecule has 3 amide bonds. The molecule has 4 rings (SSSR count). The summed E-state index contributed by atoms with van der Waals surface area (Å²) in [5.41, 5.74) is 2.96. The maximum absolute atomic E-state index is 12.9. The number of amides is 3. The molecule has 3 aliphatic rings. The molecule has 1 unspecified atom stereocenters. The van der Waals surface area contributed by atoms with Crippen molar-refractivity contribution in [2.75, 3.05) is 6.54 Å². The lowest BCUT2D eigenvalue weighted by Gasteiger charge is -2.34. The molecule has 168 valence electrons. The Morgan fingerprint density at radius 1 is 1.16 bits per heavy atom. The van der Waals surface area contributed by atoms with Gasteiger partial charge in [0.05, 0.1) is 0 Å². The van der Waals surface area contributed by atoms with E-state index in [1.165, 1.54) is 31.2 Å². The zero-order chi connectivity index (χ0) is 22.2. The van der Waals surface area contributed by atoms with Gasteiger partial charge in [0.15, 0.2) is 0 Å². The third-order valence-electron chi connectivity index (χ3n) is 6.78. The lowest BCUT2D eigenvalue weighted by molar-refractivity contribution is -0.136. The minimum absolute atomic E-state index is 0.0995. The van der Waals surface area contributed by atoms with Crippen molar-refractivity contribution in [1.29, 1.82) is 0 Å². The minimum atomic E-state index is -0.551. The number of fused-ring (bicyclic) bond motifs is 1. The predicted molar refractivity (Wildman–Crippen MR) is 128 cm³/mol. The minimum Gasteiger partial charge on any atom is -0.322 e. The number of carbonyl (C=O) groups is 3. The molecule has 1 saturated carbocycles. The van der Waals surface area contributed by atoms with Crippen molar-refractivity contribution in [3.63, 3.8) is 0 Å². The van der Waals surface area contributed by atoms with Gasteiger partial charge in [0.1, 0.15) is 6.04 Å². The molecular weight excluding hydrogens is 505 g/mol. The Kier molecular flexibility index (Phi) is 6.72. The van der Waals surface area contributed by atoms with Gasteiger partial charge in [-0.3, -0.25) is 19.7 Å². The second-order valence-electron chi connectivity index (χ2n) is 9.85. The lowest BCUT2D eigenvalue weighted by Crippen LogP contribution is -2.52. The van der Waals surface area contributed by atoms with E-state index < -0.39 is 6.04 Å². The summed E-state index contributed by atoms with van der Waals surface area (Å²) in [6.45, 7) is 5.96. The molecule has 0 radical (unpaired) electrons. The van der Waals surface area contributed by atoms with Gasteiger partial charge in [0, 0.05) is 34.5 Å². The third kappa shape index (κ3) is 5.30. The summed E-state index contributed by atoms with van der Waals surface area (Å²) in [5, 5.41) is 6.18. The van der Waals surface area contributed by atoms with Gasteiger partial charge in [-0.2, -0.15) is 0 Å². The SMILES string of the molecule is CC(C)(I)CN[C@H]1CCCC[C@@H]1Cc1ccc2c(c1)CN(C1CCC(=O)NC1=O)C2=O. The molecule has 1 aromatic carbocycles. The normalized spacial score (nSPS) is 26.7. The Balaban J connectivity index is 1.44. The van der Waals surface area contributed by atoms with E-state index in [4.69, 9.17) is 0 Å². The monoisotopic (exact) mass is 537 g/mol. The van der Waals surface area contributed by atoms with Crippen LogP contribution in [-0.2, 0) is 22.6 Å². The molecule has 2 heterocycles. The van der Waals surface area contributed by atoms with Crippen molar-refractivity contribution in [3.05, 3.63) is 34.9 Å². The van der Waals surface area contributed by atoms with Crippen LogP contribution in [0.4, 0.5) is 0 Å². The molecule has 7 heteroatoms. The summed E-state index contributed by atoms with van der Waals surface area (Å²) >= 11 is 2.50. The second kappa shape index (κ2) is 9.17. The molecule has 0 bridgehead atoms. The van der Waals surface area contributed by atoms with Crippen LogP contribution in [-0.4, -0.2) is 44.7 Å². The summed E-state index contributed by atoms with van der Waals surface area (Å²) in [7, 11) is 0. The third-order valence-corrected chi connectivity index (χ3v) is 7.16. The first-order valence-electron chi connectivity index (χ1n) is 11.4. The number of hydrogen-bond donors (Lipinski definition) is 2. The van der Waals surface area contributed by atoms with Gasteiger partial charge in [-0.15, -0.1) is 0 Å². The summed E-state index contributed by atoms with van der Waals surface area (Å²) in [6.07, 6.45) is 6.73. The highest BCUT2D eigenvalue weighted by molar-refractivity contribution is 14.1. The number of halogens is 1. The van der Waals surface area contributed by atoms with Gasteiger partial charge < -0.3 is 10.2 Å². The average molecular weight is 537 g/mol. The van der Waals surface area contributed by atoms with Gasteiger partial charge in [0.2, 0.25) is 11.8 Å². The lowest BCUT2D eigenvalue weighted by atomic mass is 9.80. The number of piperidine rings is 1. The number of hydrogen-bond acceptors (Lipinski definition) is 4. The number of alkyl halides is 1. The Bertz CT molecular complexity index is 879. The summed E-state index contributed by atoms with van der Waals surface area (Å²) in [6, 6.07) is 6.16. The van der Waals surface area contributed by atoms with Crippen molar-refractivity contribution >= 4 is 40.3 Å². The number of nitrogens with one attached hydrogen (secondary N) is 2. The van der Waals surface area contributed by atoms with Gasteiger partial charge in [-0.25, -0.2) is 0 Å². The van der Waals surface area contributed by atoms with Gasteiger partial charge >= 0.3 is 0 Å². The van der Waals surface area contributed by atoms with Crippen LogP contribution in [0.2, 0.25) is 0 Å². The zero-order valence-corrected chi connectivity index (χ0v) is 20.5. The molecule has 3 atom stereocenters. The number of nitrogens with zero attached hydrogens (tertiary/aromatic N) is 1. The Morgan fingerprint density at radius 3 is 2.68 bits per heavy atom. The number of benzene rings is 1. The topological polar surface area (TPSA) is 78.5 Å². The van der Waals surface area contributed by atoms with Crippen LogP contribution in [0.25, 0.3) is 0 Å². The molecule has 2 aliphatic heterocycles. The molecule has 1 aromatic rings. The van der Waals surface area contributed by atoms with E-state index in [2.05, 4.69) is 59.2 Å². The van der Waals surface area contributed by atoms with E-state index in [1.807, 2.05) is 6.07 Å². The van der Waals surface area contributed by atoms with Crippen molar-refractivity contribution in [2.45, 2.75) is 80.8 Å². The zero-order valence-electron chi connectivity index (χ0n) is 18.4. The van der Waals surface area contributed by atoms with E-state index in [0.717, 1.165) is 18.5 Å². The van der Waals surface area contributed by atoms with Gasteiger partial charge in [0.25, 0.3) is 5.91 Å². The van der Waals surface area contributed by atoms with Crippen LogP contribution in [0.15, 0.2) is 18.2 Å². The smallest absolute Gasteiger partial charge is 0.255 e. The fraction of sp³-hybridized carbons (Fsp3) is 0.625.